The molecule has 0 aliphatic heterocycles. The first kappa shape index (κ1) is 13.4. The fraction of sp³-hybridized carbons (Fsp3) is 0.400. The lowest BCUT2D eigenvalue weighted by molar-refractivity contribution is -0.385. The van der Waals surface area contributed by atoms with Crippen molar-refractivity contribution in [1.29, 1.82) is 0 Å². The van der Waals surface area contributed by atoms with E-state index in [0.717, 1.165) is 0 Å². The molecule has 0 heterocycles. The van der Waals surface area contributed by atoms with Crippen molar-refractivity contribution < 1.29 is 18.1 Å². The zero-order valence-electron chi connectivity index (χ0n) is 9.04. The monoisotopic (exact) mass is 248 g/mol. The van der Waals surface area contributed by atoms with Crippen LogP contribution < -0.4 is 5.32 Å². The van der Waals surface area contributed by atoms with Gasteiger partial charge in [0.15, 0.2) is 0 Å². The summed E-state index contributed by atoms with van der Waals surface area (Å²) in [6, 6.07) is 4.34. The molecular weight excluding hydrogens is 237 g/mol. The molecule has 0 aliphatic carbocycles. The molecule has 0 saturated carbocycles. The van der Waals surface area contributed by atoms with Gasteiger partial charge in [0.2, 0.25) is 0 Å². The van der Waals surface area contributed by atoms with Gasteiger partial charge in [-0.3, -0.25) is 10.1 Å². The zero-order valence-corrected chi connectivity index (χ0v) is 9.04. The van der Waals surface area contributed by atoms with Gasteiger partial charge in [0.1, 0.15) is 0 Å². The third-order valence-electron chi connectivity index (χ3n) is 2.25. The van der Waals surface area contributed by atoms with Gasteiger partial charge in [-0.2, -0.15) is 13.2 Å². The topological polar surface area (TPSA) is 55.2 Å². The summed E-state index contributed by atoms with van der Waals surface area (Å²) in [5.74, 6) is 0. The van der Waals surface area contributed by atoms with Gasteiger partial charge in [-0.1, -0.05) is 12.1 Å². The lowest BCUT2D eigenvalue weighted by Gasteiger charge is -2.10. The summed E-state index contributed by atoms with van der Waals surface area (Å²) in [5, 5.41) is 12.8. The van der Waals surface area contributed by atoms with Gasteiger partial charge in [0.05, 0.1) is 11.5 Å². The van der Waals surface area contributed by atoms with Gasteiger partial charge in [-0.05, 0) is 12.5 Å². The van der Waals surface area contributed by atoms with Gasteiger partial charge in [0.25, 0.3) is 5.69 Å². The largest absolute Gasteiger partial charge is 0.401 e. The van der Waals surface area contributed by atoms with E-state index in [9.17, 15) is 23.3 Å². The normalized spacial score (nSPS) is 11.5. The number of nitro groups is 1. The van der Waals surface area contributed by atoms with Crippen LogP contribution in [-0.4, -0.2) is 17.6 Å². The Balaban J connectivity index is 2.72. The Morgan fingerprint density at radius 3 is 2.59 bits per heavy atom. The molecule has 1 aromatic rings. The molecule has 17 heavy (non-hydrogen) atoms. The van der Waals surface area contributed by atoms with Crippen LogP contribution in [0.4, 0.5) is 18.9 Å². The number of hydrogen-bond donors (Lipinski definition) is 1. The van der Waals surface area contributed by atoms with E-state index >= 15 is 0 Å². The van der Waals surface area contributed by atoms with Gasteiger partial charge < -0.3 is 5.32 Å². The maximum atomic E-state index is 11.9. The molecule has 4 nitrogen and oxygen atoms in total. The fourth-order valence-electron chi connectivity index (χ4n) is 1.40. The molecule has 1 rings (SSSR count). The van der Waals surface area contributed by atoms with Crippen LogP contribution in [0, 0.1) is 17.0 Å². The van der Waals surface area contributed by atoms with Crippen molar-refractivity contribution >= 4 is 5.69 Å². The van der Waals surface area contributed by atoms with Crippen molar-refractivity contribution in [2.45, 2.75) is 19.6 Å². The van der Waals surface area contributed by atoms with E-state index in [0.29, 0.717) is 11.1 Å². The number of rotatable bonds is 4. The van der Waals surface area contributed by atoms with E-state index in [1.54, 1.807) is 6.07 Å². The second-order valence-electron chi connectivity index (χ2n) is 3.54. The van der Waals surface area contributed by atoms with E-state index < -0.39 is 17.6 Å². The first-order chi connectivity index (χ1) is 7.81. The van der Waals surface area contributed by atoms with Crippen LogP contribution in [0.1, 0.15) is 11.1 Å². The van der Waals surface area contributed by atoms with Crippen molar-refractivity contribution in [3.63, 3.8) is 0 Å². The standard InChI is InChI=1S/C10H11F3N2O2/c1-7-8(5-14-6-10(11,12)13)3-2-4-9(7)15(16)17/h2-4,14H,5-6H2,1H3. The maximum absolute atomic E-state index is 11.9. The third kappa shape index (κ3) is 4.03. The molecule has 1 N–H and O–H groups in total. The maximum Gasteiger partial charge on any atom is 0.401 e. The zero-order chi connectivity index (χ0) is 13.1. The van der Waals surface area contributed by atoms with E-state index in [-0.39, 0.29) is 12.2 Å². The highest BCUT2D eigenvalue weighted by Gasteiger charge is 2.26. The summed E-state index contributed by atoms with van der Waals surface area (Å²) in [5.41, 5.74) is 0.784. The van der Waals surface area contributed by atoms with Crippen LogP contribution in [0.5, 0.6) is 0 Å². The molecule has 1 aromatic carbocycles. The lowest BCUT2D eigenvalue weighted by Crippen LogP contribution is -2.28. The first-order valence-electron chi connectivity index (χ1n) is 4.81. The Kier molecular flexibility index (Phi) is 4.06. The molecule has 94 valence electrons. The highest BCUT2D eigenvalue weighted by molar-refractivity contribution is 5.44. The molecule has 0 atom stereocenters. The summed E-state index contributed by atoms with van der Waals surface area (Å²) in [6.45, 7) is 0.352. The minimum atomic E-state index is -4.28. The number of alkyl halides is 3. The Hall–Kier alpha value is -1.63. The molecule has 7 heteroatoms. The van der Waals surface area contributed by atoms with E-state index in [4.69, 9.17) is 0 Å². The average Bonchev–Trinajstić information content (AvgIpc) is 2.18. The van der Waals surface area contributed by atoms with Crippen molar-refractivity contribution in [3.05, 3.63) is 39.4 Å². The number of nitrogens with zero attached hydrogens (tertiary/aromatic N) is 1. The van der Waals surface area contributed by atoms with Crippen LogP contribution in [-0.2, 0) is 6.54 Å². The average molecular weight is 248 g/mol. The summed E-state index contributed by atoms with van der Waals surface area (Å²) in [6.07, 6.45) is -4.28. The molecule has 0 saturated heterocycles. The van der Waals surface area contributed by atoms with Crippen molar-refractivity contribution in [1.82, 2.24) is 5.32 Å². The van der Waals surface area contributed by atoms with E-state index in [1.165, 1.54) is 19.1 Å². The van der Waals surface area contributed by atoms with E-state index in [1.807, 2.05) is 0 Å². The molecule has 0 unspecified atom stereocenters. The van der Waals surface area contributed by atoms with Crippen LogP contribution >= 0.6 is 0 Å². The van der Waals surface area contributed by atoms with Gasteiger partial charge in [-0.25, -0.2) is 0 Å². The lowest BCUT2D eigenvalue weighted by atomic mass is 10.1. The SMILES string of the molecule is Cc1c(CNCC(F)(F)F)cccc1[N+](=O)[O-]. The number of hydrogen-bond acceptors (Lipinski definition) is 3. The fourth-order valence-corrected chi connectivity index (χ4v) is 1.40. The highest BCUT2D eigenvalue weighted by Crippen LogP contribution is 2.21. The summed E-state index contributed by atoms with van der Waals surface area (Å²) < 4.78 is 35.7. The molecule has 0 aliphatic rings. The Labute approximate surface area is 95.6 Å². The van der Waals surface area contributed by atoms with E-state index in [2.05, 4.69) is 5.32 Å². The van der Waals surface area contributed by atoms with Crippen LogP contribution in [0.2, 0.25) is 0 Å². The molecule has 0 bridgehead atoms. The summed E-state index contributed by atoms with van der Waals surface area (Å²) >= 11 is 0. The number of nitrogens with one attached hydrogen (secondary N) is 1. The highest BCUT2D eigenvalue weighted by atomic mass is 19.4. The molecule has 0 aromatic heterocycles. The predicted octanol–water partition coefficient (Wildman–Crippen LogP) is 2.56. The quantitative estimate of drug-likeness (QED) is 0.658. The Bertz CT molecular complexity index is 419. The van der Waals surface area contributed by atoms with Crippen LogP contribution in [0.15, 0.2) is 18.2 Å². The Morgan fingerprint density at radius 1 is 1.41 bits per heavy atom. The first-order valence-corrected chi connectivity index (χ1v) is 4.81. The number of benzene rings is 1. The van der Waals surface area contributed by atoms with Gasteiger partial charge in [-0.15, -0.1) is 0 Å². The summed E-state index contributed by atoms with van der Waals surface area (Å²) in [7, 11) is 0. The number of halogens is 3. The molecule has 0 amide bonds. The second kappa shape index (κ2) is 5.13. The molecule has 0 radical (unpaired) electrons. The minimum Gasteiger partial charge on any atom is -0.305 e. The van der Waals surface area contributed by atoms with Crippen molar-refractivity contribution in [2.75, 3.05) is 6.54 Å². The van der Waals surface area contributed by atoms with Gasteiger partial charge in [0, 0.05) is 18.2 Å². The molecule has 0 spiro atoms. The Morgan fingerprint density at radius 2 is 2.06 bits per heavy atom. The smallest absolute Gasteiger partial charge is 0.305 e. The minimum absolute atomic E-state index is 0.0486. The molecular formula is C10H11F3N2O2. The van der Waals surface area contributed by atoms with Crippen molar-refractivity contribution in [2.24, 2.45) is 0 Å². The van der Waals surface area contributed by atoms with Gasteiger partial charge >= 0.3 is 6.18 Å². The van der Waals surface area contributed by atoms with Crippen LogP contribution in [0.25, 0.3) is 0 Å². The third-order valence-corrected chi connectivity index (χ3v) is 2.25. The predicted molar refractivity (Wildman–Crippen MR) is 55.6 cm³/mol. The van der Waals surface area contributed by atoms with Crippen LogP contribution in [0.3, 0.4) is 0 Å². The second-order valence-corrected chi connectivity index (χ2v) is 3.54. The van der Waals surface area contributed by atoms with Crippen molar-refractivity contribution in [3.8, 4) is 0 Å². The number of nitro benzene ring substituents is 1. The summed E-state index contributed by atoms with van der Waals surface area (Å²) in [4.78, 5) is 10.1. The molecule has 0 fully saturated rings.